The SMILES string of the molecule is CCOC(=O)CC=Cc1c[nH]c(=O)[nH]c1=O. The van der Waals surface area contributed by atoms with E-state index in [1.165, 1.54) is 18.3 Å². The van der Waals surface area contributed by atoms with Crippen molar-refractivity contribution in [2.24, 2.45) is 0 Å². The van der Waals surface area contributed by atoms with Gasteiger partial charge in [-0.25, -0.2) is 4.79 Å². The molecular weight excluding hydrogens is 212 g/mol. The number of aromatic nitrogens is 2. The molecule has 0 aliphatic rings. The van der Waals surface area contributed by atoms with Gasteiger partial charge in [0, 0.05) is 6.20 Å². The van der Waals surface area contributed by atoms with Crippen LogP contribution in [0.4, 0.5) is 0 Å². The fraction of sp³-hybridized carbons (Fsp3) is 0.300. The molecule has 86 valence electrons. The third-order valence-electron chi connectivity index (χ3n) is 1.74. The highest BCUT2D eigenvalue weighted by atomic mass is 16.5. The van der Waals surface area contributed by atoms with Crippen LogP contribution in [0, 0.1) is 0 Å². The highest BCUT2D eigenvalue weighted by molar-refractivity contribution is 5.72. The fourth-order valence-corrected chi connectivity index (χ4v) is 1.05. The molecule has 1 rings (SSSR count). The van der Waals surface area contributed by atoms with E-state index in [4.69, 9.17) is 4.74 Å². The molecule has 0 atom stereocenters. The van der Waals surface area contributed by atoms with Gasteiger partial charge < -0.3 is 9.72 Å². The van der Waals surface area contributed by atoms with E-state index in [0.717, 1.165) is 0 Å². The first-order chi connectivity index (χ1) is 7.63. The zero-order chi connectivity index (χ0) is 12.0. The molecule has 6 heteroatoms. The van der Waals surface area contributed by atoms with Gasteiger partial charge in [0.05, 0.1) is 18.6 Å². The minimum atomic E-state index is -0.562. The predicted molar refractivity (Wildman–Crippen MR) is 58.0 cm³/mol. The quantitative estimate of drug-likeness (QED) is 0.706. The van der Waals surface area contributed by atoms with Crippen LogP contribution < -0.4 is 11.2 Å². The average molecular weight is 224 g/mol. The van der Waals surface area contributed by atoms with Gasteiger partial charge in [0.25, 0.3) is 5.56 Å². The van der Waals surface area contributed by atoms with Crippen LogP contribution in [0.1, 0.15) is 18.9 Å². The smallest absolute Gasteiger partial charge is 0.325 e. The Labute approximate surface area is 91.0 Å². The van der Waals surface area contributed by atoms with Crippen molar-refractivity contribution in [3.63, 3.8) is 0 Å². The third kappa shape index (κ3) is 3.56. The Bertz CT molecular complexity index is 498. The van der Waals surface area contributed by atoms with E-state index < -0.39 is 11.2 Å². The number of nitrogens with one attached hydrogen (secondary N) is 2. The van der Waals surface area contributed by atoms with E-state index in [1.807, 2.05) is 0 Å². The van der Waals surface area contributed by atoms with Crippen LogP contribution in [0.2, 0.25) is 0 Å². The van der Waals surface area contributed by atoms with E-state index in [9.17, 15) is 14.4 Å². The summed E-state index contributed by atoms with van der Waals surface area (Å²) in [5.41, 5.74) is -0.777. The summed E-state index contributed by atoms with van der Waals surface area (Å²) in [7, 11) is 0. The topological polar surface area (TPSA) is 92.0 Å². The molecule has 2 N–H and O–H groups in total. The number of aromatic amines is 2. The first-order valence-electron chi connectivity index (χ1n) is 4.77. The van der Waals surface area contributed by atoms with Crippen LogP contribution in [-0.4, -0.2) is 22.5 Å². The molecule has 6 nitrogen and oxygen atoms in total. The van der Waals surface area contributed by atoms with Gasteiger partial charge in [-0.15, -0.1) is 0 Å². The molecule has 0 saturated carbocycles. The van der Waals surface area contributed by atoms with Gasteiger partial charge in [-0.2, -0.15) is 0 Å². The Morgan fingerprint density at radius 2 is 2.25 bits per heavy atom. The summed E-state index contributed by atoms with van der Waals surface area (Å²) in [6.07, 6.45) is 4.32. The molecule has 0 unspecified atom stereocenters. The van der Waals surface area contributed by atoms with Gasteiger partial charge >= 0.3 is 11.7 Å². The van der Waals surface area contributed by atoms with Crippen molar-refractivity contribution in [3.8, 4) is 0 Å². The molecule has 0 bridgehead atoms. The molecule has 0 radical (unpaired) electrons. The van der Waals surface area contributed by atoms with Crippen molar-refractivity contribution in [1.82, 2.24) is 9.97 Å². The number of hydrogen-bond donors (Lipinski definition) is 2. The number of ether oxygens (including phenoxy) is 1. The van der Waals surface area contributed by atoms with Crippen LogP contribution in [0.5, 0.6) is 0 Å². The Balaban J connectivity index is 2.67. The Hall–Kier alpha value is -2.11. The summed E-state index contributed by atoms with van der Waals surface area (Å²) in [5, 5.41) is 0. The van der Waals surface area contributed by atoms with Gasteiger partial charge in [-0.3, -0.25) is 14.6 Å². The maximum absolute atomic E-state index is 11.2. The predicted octanol–water partition coefficient (Wildman–Crippen LogP) is 0.0296. The molecule has 0 aliphatic carbocycles. The van der Waals surface area contributed by atoms with E-state index in [1.54, 1.807) is 6.92 Å². The lowest BCUT2D eigenvalue weighted by Crippen LogP contribution is -2.22. The maximum Gasteiger partial charge on any atom is 0.325 e. The number of hydrogen-bond acceptors (Lipinski definition) is 4. The molecule has 0 aromatic carbocycles. The van der Waals surface area contributed by atoms with Crippen molar-refractivity contribution in [2.75, 3.05) is 6.61 Å². The summed E-state index contributed by atoms with van der Waals surface area (Å²) in [5.74, 6) is -0.361. The number of esters is 1. The van der Waals surface area contributed by atoms with Gasteiger partial charge in [-0.05, 0) is 6.92 Å². The van der Waals surface area contributed by atoms with Crippen molar-refractivity contribution in [1.29, 1.82) is 0 Å². The molecule has 0 amide bonds. The highest BCUT2D eigenvalue weighted by Gasteiger charge is 1.98. The first-order valence-corrected chi connectivity index (χ1v) is 4.77. The Kier molecular flexibility index (Phi) is 4.26. The van der Waals surface area contributed by atoms with Crippen molar-refractivity contribution < 1.29 is 9.53 Å². The van der Waals surface area contributed by atoms with Gasteiger partial charge in [0.15, 0.2) is 0 Å². The second-order valence-corrected chi connectivity index (χ2v) is 2.94. The minimum Gasteiger partial charge on any atom is -0.466 e. The number of H-pyrrole nitrogens is 2. The molecule has 0 fully saturated rings. The van der Waals surface area contributed by atoms with Crippen molar-refractivity contribution in [2.45, 2.75) is 13.3 Å². The van der Waals surface area contributed by atoms with E-state index in [0.29, 0.717) is 6.61 Å². The molecule has 1 aromatic heterocycles. The lowest BCUT2D eigenvalue weighted by molar-refractivity contribution is -0.142. The number of carbonyl (C=O) groups excluding carboxylic acids is 1. The fourth-order valence-electron chi connectivity index (χ4n) is 1.05. The van der Waals surface area contributed by atoms with Gasteiger partial charge in [0.1, 0.15) is 0 Å². The number of carbonyl (C=O) groups is 1. The molecule has 0 saturated heterocycles. The second kappa shape index (κ2) is 5.69. The standard InChI is InChI=1S/C10H12N2O4/c1-2-16-8(13)5-3-4-7-6-11-10(15)12-9(7)14/h3-4,6H,2,5H2,1H3,(H2,11,12,14,15). The lowest BCUT2D eigenvalue weighted by atomic mass is 10.3. The second-order valence-electron chi connectivity index (χ2n) is 2.94. The summed E-state index contributed by atoms with van der Waals surface area (Å²) < 4.78 is 4.70. The molecule has 1 aromatic rings. The monoisotopic (exact) mass is 224 g/mol. The highest BCUT2D eigenvalue weighted by Crippen LogP contribution is 1.94. The summed E-state index contributed by atoms with van der Waals surface area (Å²) in [6.45, 7) is 2.04. The van der Waals surface area contributed by atoms with Crippen molar-refractivity contribution in [3.05, 3.63) is 38.7 Å². The minimum absolute atomic E-state index is 0.0897. The van der Waals surface area contributed by atoms with Crippen molar-refractivity contribution >= 4 is 12.0 Å². The van der Waals surface area contributed by atoms with Crippen LogP contribution in [0.3, 0.4) is 0 Å². The lowest BCUT2D eigenvalue weighted by Gasteiger charge is -1.96. The molecule has 0 aliphatic heterocycles. The van der Waals surface area contributed by atoms with Crippen LogP contribution in [0.25, 0.3) is 6.08 Å². The zero-order valence-electron chi connectivity index (χ0n) is 8.78. The number of rotatable bonds is 4. The van der Waals surface area contributed by atoms with E-state index in [-0.39, 0.29) is 18.0 Å². The van der Waals surface area contributed by atoms with E-state index >= 15 is 0 Å². The van der Waals surface area contributed by atoms with E-state index in [2.05, 4.69) is 9.97 Å². The summed E-state index contributed by atoms with van der Waals surface area (Å²) in [4.78, 5) is 37.2. The first kappa shape index (κ1) is 12.0. The Morgan fingerprint density at radius 1 is 1.50 bits per heavy atom. The molecular formula is C10H12N2O4. The van der Waals surface area contributed by atoms with Gasteiger partial charge in [-0.1, -0.05) is 12.2 Å². The van der Waals surface area contributed by atoms with Crippen LogP contribution >= 0.6 is 0 Å². The summed E-state index contributed by atoms with van der Waals surface area (Å²) in [6, 6.07) is 0. The van der Waals surface area contributed by atoms with Crippen LogP contribution in [-0.2, 0) is 9.53 Å². The van der Waals surface area contributed by atoms with Crippen LogP contribution in [0.15, 0.2) is 21.9 Å². The molecule has 16 heavy (non-hydrogen) atoms. The third-order valence-corrected chi connectivity index (χ3v) is 1.74. The summed E-state index contributed by atoms with van der Waals surface area (Å²) >= 11 is 0. The maximum atomic E-state index is 11.2. The average Bonchev–Trinajstić information content (AvgIpc) is 2.22. The molecule has 0 spiro atoms. The Morgan fingerprint density at radius 3 is 2.88 bits per heavy atom. The van der Waals surface area contributed by atoms with Gasteiger partial charge in [0.2, 0.25) is 0 Å². The molecule has 1 heterocycles. The largest absolute Gasteiger partial charge is 0.466 e. The normalized spacial score (nSPS) is 10.6. The zero-order valence-corrected chi connectivity index (χ0v) is 8.78.